The summed E-state index contributed by atoms with van der Waals surface area (Å²) in [5.41, 5.74) is 11.7. The van der Waals surface area contributed by atoms with Crippen molar-refractivity contribution in [3.63, 3.8) is 0 Å². The number of ether oxygens (including phenoxy) is 5. The zero-order valence-corrected chi connectivity index (χ0v) is 19.9. The fourth-order valence-corrected chi connectivity index (χ4v) is 2.69. The number of hydrogen-bond donors (Lipinski definition) is 3. The zero-order chi connectivity index (χ0) is 24.5. The van der Waals surface area contributed by atoms with Crippen LogP contribution in [0.25, 0.3) is 0 Å². The van der Waals surface area contributed by atoms with Gasteiger partial charge in [0, 0.05) is 0 Å². The van der Waals surface area contributed by atoms with Gasteiger partial charge in [0.25, 0.3) is 0 Å². The monoisotopic (exact) mass is 486 g/mol. The molecule has 33 heavy (non-hydrogen) atoms. The maximum Gasteiger partial charge on any atom is 0.316 e. The van der Waals surface area contributed by atoms with Crippen LogP contribution in [0.2, 0.25) is 5.28 Å². The van der Waals surface area contributed by atoms with Gasteiger partial charge in [0.1, 0.15) is 18.8 Å². The highest BCUT2D eigenvalue weighted by atomic mass is 35.5. The van der Waals surface area contributed by atoms with Crippen molar-refractivity contribution in [3.8, 4) is 6.01 Å². The van der Waals surface area contributed by atoms with Gasteiger partial charge in [-0.2, -0.15) is 0 Å². The molecule has 2 fully saturated rings. The molecule has 0 unspecified atom stereocenters. The van der Waals surface area contributed by atoms with Gasteiger partial charge in [-0.3, -0.25) is 0 Å². The lowest BCUT2D eigenvalue weighted by Crippen LogP contribution is -2.25. The maximum absolute atomic E-state index is 8.59. The highest BCUT2D eigenvalue weighted by Gasteiger charge is 2.33. The molecule has 4 rings (SSSR count). The molecule has 2 aliphatic rings. The van der Waals surface area contributed by atoms with Crippen molar-refractivity contribution < 1.29 is 28.8 Å². The SMILES string of the molecule is CC1(C)OC[C@@H](CO)O1.CC1(C)OC[C@@H](COc2ncc(N)cn2)O1.Nc1cnc(Cl)nc1. The Morgan fingerprint density at radius 2 is 1.36 bits per heavy atom. The lowest BCUT2D eigenvalue weighted by Gasteiger charge is -2.16. The van der Waals surface area contributed by atoms with E-state index in [1.165, 1.54) is 24.8 Å². The first-order valence-electron chi connectivity index (χ1n) is 10.2. The summed E-state index contributed by atoms with van der Waals surface area (Å²) >= 11 is 5.33. The van der Waals surface area contributed by atoms with Crippen LogP contribution in [-0.2, 0) is 18.9 Å². The van der Waals surface area contributed by atoms with Crippen LogP contribution in [0, 0.1) is 0 Å². The minimum atomic E-state index is -0.532. The van der Waals surface area contributed by atoms with E-state index in [1.54, 1.807) is 0 Å². The van der Waals surface area contributed by atoms with Gasteiger partial charge < -0.3 is 40.3 Å². The molecule has 0 aliphatic carbocycles. The molecule has 184 valence electrons. The Kier molecular flexibility index (Phi) is 9.95. The normalized spacial score (nSPS) is 22.5. The largest absolute Gasteiger partial charge is 0.461 e. The van der Waals surface area contributed by atoms with E-state index in [-0.39, 0.29) is 24.1 Å². The number of halogens is 1. The third kappa shape index (κ3) is 10.4. The molecule has 12 nitrogen and oxygen atoms in total. The van der Waals surface area contributed by atoms with Gasteiger partial charge in [-0.15, -0.1) is 0 Å². The second-order valence-corrected chi connectivity index (χ2v) is 8.32. The van der Waals surface area contributed by atoms with Crippen LogP contribution in [0.1, 0.15) is 27.7 Å². The van der Waals surface area contributed by atoms with Gasteiger partial charge in [0.05, 0.1) is 56.0 Å². The molecular formula is C20H31ClN6O6. The topological polar surface area (TPSA) is 170 Å². The smallest absolute Gasteiger partial charge is 0.316 e. The summed E-state index contributed by atoms with van der Waals surface area (Å²) in [4.78, 5) is 15.1. The summed E-state index contributed by atoms with van der Waals surface area (Å²) in [5, 5.41) is 8.81. The third-order valence-corrected chi connectivity index (χ3v) is 4.22. The number of rotatable bonds is 4. The van der Waals surface area contributed by atoms with E-state index in [4.69, 9.17) is 51.9 Å². The number of hydrogen-bond acceptors (Lipinski definition) is 12. The van der Waals surface area contributed by atoms with Gasteiger partial charge in [-0.25, -0.2) is 19.9 Å². The standard InChI is InChI=1S/C10H15N3O3.C6H12O3.C4H4ClN3/c1-10(2)15-6-8(16-10)5-14-9-12-3-7(11)4-13-9;1-6(2)8-4-5(3-7)9-6;5-4-7-1-3(6)2-8-4/h3-4,8H,5-6,11H2,1-2H3;5,7H,3-4H2,1-2H3;1-2H,6H2/t8-;5-;/m11./s1. The quantitative estimate of drug-likeness (QED) is 0.532. The predicted octanol–water partition coefficient (Wildman–Crippen LogP) is 1.43. The minimum absolute atomic E-state index is 0.0451. The second kappa shape index (κ2) is 12.2. The van der Waals surface area contributed by atoms with Crippen LogP contribution in [0.4, 0.5) is 11.4 Å². The number of aromatic nitrogens is 4. The van der Waals surface area contributed by atoms with Crippen molar-refractivity contribution in [2.45, 2.75) is 51.5 Å². The van der Waals surface area contributed by atoms with Gasteiger partial charge in [-0.1, -0.05) is 0 Å². The first-order chi connectivity index (χ1) is 15.5. The highest BCUT2D eigenvalue weighted by molar-refractivity contribution is 6.28. The average molecular weight is 487 g/mol. The molecular weight excluding hydrogens is 456 g/mol. The van der Waals surface area contributed by atoms with Crippen LogP contribution in [0.3, 0.4) is 0 Å². The second-order valence-electron chi connectivity index (χ2n) is 7.98. The summed E-state index contributed by atoms with van der Waals surface area (Å²) in [6.45, 7) is 8.84. The molecule has 4 heterocycles. The van der Waals surface area contributed by atoms with E-state index < -0.39 is 11.6 Å². The molecule has 2 aromatic heterocycles. The van der Waals surface area contributed by atoms with Crippen molar-refractivity contribution in [1.29, 1.82) is 0 Å². The van der Waals surface area contributed by atoms with Gasteiger partial charge in [-0.05, 0) is 39.3 Å². The molecule has 2 atom stereocenters. The fraction of sp³-hybridized carbons (Fsp3) is 0.600. The van der Waals surface area contributed by atoms with E-state index in [0.29, 0.717) is 37.2 Å². The fourth-order valence-electron chi connectivity index (χ4n) is 2.59. The molecule has 0 spiro atoms. The van der Waals surface area contributed by atoms with E-state index in [2.05, 4.69) is 19.9 Å². The number of aliphatic hydroxyl groups excluding tert-OH is 1. The van der Waals surface area contributed by atoms with Crippen LogP contribution < -0.4 is 16.2 Å². The van der Waals surface area contributed by atoms with Crippen LogP contribution in [0.15, 0.2) is 24.8 Å². The zero-order valence-electron chi connectivity index (χ0n) is 19.1. The number of nitrogens with two attached hydrogens (primary N) is 2. The van der Waals surface area contributed by atoms with Crippen molar-refractivity contribution in [3.05, 3.63) is 30.1 Å². The summed E-state index contributed by atoms with van der Waals surface area (Å²) in [7, 11) is 0. The van der Waals surface area contributed by atoms with E-state index >= 15 is 0 Å². The van der Waals surface area contributed by atoms with Crippen molar-refractivity contribution in [2.24, 2.45) is 0 Å². The average Bonchev–Trinajstić information content (AvgIpc) is 3.31. The Hall–Kier alpha value is -2.35. The molecule has 2 aromatic rings. The minimum Gasteiger partial charge on any atom is -0.461 e. The summed E-state index contributed by atoms with van der Waals surface area (Å²) in [6.07, 6.45) is 5.69. The Balaban J connectivity index is 0.000000192. The molecule has 0 amide bonds. The highest BCUT2D eigenvalue weighted by Crippen LogP contribution is 2.22. The summed E-state index contributed by atoms with van der Waals surface area (Å²) in [5.74, 6) is -1.02. The van der Waals surface area contributed by atoms with Crippen molar-refractivity contribution >= 4 is 23.0 Å². The first-order valence-corrected chi connectivity index (χ1v) is 10.5. The first kappa shape index (κ1) is 26.9. The molecule has 13 heteroatoms. The molecule has 0 saturated carbocycles. The summed E-state index contributed by atoms with van der Waals surface area (Å²) in [6, 6.07) is 0.294. The number of anilines is 2. The molecule has 2 saturated heterocycles. The van der Waals surface area contributed by atoms with Crippen molar-refractivity contribution in [2.75, 3.05) is 37.9 Å². The third-order valence-electron chi connectivity index (χ3n) is 4.02. The lowest BCUT2D eigenvalue weighted by atomic mass is 10.4. The van der Waals surface area contributed by atoms with Gasteiger partial charge >= 0.3 is 6.01 Å². The van der Waals surface area contributed by atoms with Gasteiger partial charge in [0.2, 0.25) is 5.28 Å². The number of nitrogen functional groups attached to an aromatic ring is 2. The number of aliphatic hydroxyl groups is 1. The van der Waals surface area contributed by atoms with E-state index in [9.17, 15) is 0 Å². The van der Waals surface area contributed by atoms with Crippen LogP contribution in [-0.4, -0.2) is 75.3 Å². The molecule has 0 aromatic carbocycles. The predicted molar refractivity (Wildman–Crippen MR) is 120 cm³/mol. The Morgan fingerprint density at radius 1 is 0.909 bits per heavy atom. The Bertz CT molecular complexity index is 819. The molecule has 5 N–H and O–H groups in total. The Morgan fingerprint density at radius 3 is 1.73 bits per heavy atom. The molecule has 0 bridgehead atoms. The molecule has 2 aliphatic heterocycles. The van der Waals surface area contributed by atoms with E-state index in [0.717, 1.165) is 0 Å². The maximum atomic E-state index is 8.59. The van der Waals surface area contributed by atoms with E-state index in [1.807, 2.05) is 27.7 Å². The van der Waals surface area contributed by atoms with Crippen LogP contribution in [0.5, 0.6) is 6.01 Å². The lowest BCUT2D eigenvalue weighted by molar-refractivity contribution is -0.142. The van der Waals surface area contributed by atoms with Crippen LogP contribution >= 0.6 is 11.6 Å². The molecule has 0 radical (unpaired) electrons. The number of nitrogens with zero attached hydrogens (tertiary/aromatic N) is 4. The van der Waals surface area contributed by atoms with Crippen molar-refractivity contribution in [1.82, 2.24) is 19.9 Å². The Labute approximate surface area is 197 Å². The summed E-state index contributed by atoms with van der Waals surface area (Å²) < 4.78 is 26.7. The van der Waals surface area contributed by atoms with Gasteiger partial charge in [0.15, 0.2) is 11.6 Å².